The highest BCUT2D eigenvalue weighted by atomic mass is 15.2. The van der Waals surface area contributed by atoms with Crippen LogP contribution < -0.4 is 5.73 Å². The van der Waals surface area contributed by atoms with E-state index >= 15 is 0 Å². The maximum absolute atomic E-state index is 5.70. The lowest BCUT2D eigenvalue weighted by atomic mass is 9.91. The zero-order valence-corrected chi connectivity index (χ0v) is 10.9. The van der Waals surface area contributed by atoms with Gasteiger partial charge in [-0.3, -0.25) is 4.90 Å². The zero-order valence-electron chi connectivity index (χ0n) is 10.9. The lowest BCUT2D eigenvalue weighted by molar-refractivity contribution is 0.123. The summed E-state index contributed by atoms with van der Waals surface area (Å²) >= 11 is 0. The first-order chi connectivity index (χ1) is 8.33. The molecule has 2 nitrogen and oxygen atoms in total. The molecule has 1 aliphatic carbocycles. The highest BCUT2D eigenvalue weighted by Gasteiger charge is 2.24. The van der Waals surface area contributed by atoms with Crippen molar-refractivity contribution in [2.24, 2.45) is 5.73 Å². The minimum absolute atomic E-state index is 0.767. The molecule has 1 aliphatic rings. The van der Waals surface area contributed by atoms with E-state index in [0.717, 1.165) is 32.1 Å². The van der Waals surface area contributed by atoms with Crippen molar-refractivity contribution < 1.29 is 0 Å². The Morgan fingerprint density at radius 3 is 2.29 bits per heavy atom. The third kappa shape index (κ3) is 3.30. The third-order valence-corrected chi connectivity index (χ3v) is 3.82. The molecule has 2 heteroatoms. The molecule has 0 unspecified atom stereocenters. The van der Waals surface area contributed by atoms with Gasteiger partial charge in [-0.05, 0) is 30.4 Å². The van der Waals surface area contributed by atoms with E-state index in [0.29, 0.717) is 0 Å². The van der Waals surface area contributed by atoms with E-state index < -0.39 is 0 Å². The molecular formula is C15H24N2. The third-order valence-electron chi connectivity index (χ3n) is 3.82. The second kappa shape index (κ2) is 6.18. The Kier molecular flexibility index (Phi) is 4.57. The molecule has 1 aromatic carbocycles. The van der Waals surface area contributed by atoms with Gasteiger partial charge in [0, 0.05) is 25.7 Å². The number of aryl methyl sites for hydroxylation is 1. The van der Waals surface area contributed by atoms with Gasteiger partial charge in [0.2, 0.25) is 0 Å². The molecule has 0 radical (unpaired) electrons. The summed E-state index contributed by atoms with van der Waals surface area (Å²) in [7, 11) is 0. The molecule has 0 heterocycles. The standard InChI is InChI=1S/C15H24N2/c1-2-13-6-8-14(9-7-13)12-17(11-10-16)15-4-3-5-15/h6-9,15H,2-5,10-12,16H2,1H3. The van der Waals surface area contributed by atoms with E-state index in [2.05, 4.69) is 36.1 Å². The molecule has 2 rings (SSSR count). The van der Waals surface area contributed by atoms with Crippen molar-refractivity contribution in [2.45, 2.75) is 45.2 Å². The first kappa shape index (κ1) is 12.6. The average Bonchev–Trinajstić information content (AvgIpc) is 2.28. The van der Waals surface area contributed by atoms with Crippen LogP contribution in [-0.4, -0.2) is 24.0 Å². The summed E-state index contributed by atoms with van der Waals surface area (Å²) in [6, 6.07) is 9.81. The number of benzene rings is 1. The van der Waals surface area contributed by atoms with Crippen LogP contribution in [0.25, 0.3) is 0 Å². The molecule has 0 amide bonds. The lowest BCUT2D eigenvalue weighted by Gasteiger charge is -2.37. The van der Waals surface area contributed by atoms with Gasteiger partial charge in [0.15, 0.2) is 0 Å². The van der Waals surface area contributed by atoms with Gasteiger partial charge in [-0.15, -0.1) is 0 Å². The highest BCUT2D eigenvalue weighted by molar-refractivity contribution is 5.22. The fourth-order valence-corrected chi connectivity index (χ4v) is 2.42. The van der Waals surface area contributed by atoms with Crippen LogP contribution in [0.2, 0.25) is 0 Å². The Morgan fingerprint density at radius 2 is 1.82 bits per heavy atom. The molecule has 2 N–H and O–H groups in total. The largest absolute Gasteiger partial charge is 0.329 e. The monoisotopic (exact) mass is 232 g/mol. The van der Waals surface area contributed by atoms with Crippen molar-refractivity contribution in [3.63, 3.8) is 0 Å². The average molecular weight is 232 g/mol. The number of nitrogens with zero attached hydrogens (tertiary/aromatic N) is 1. The van der Waals surface area contributed by atoms with Gasteiger partial charge < -0.3 is 5.73 Å². The van der Waals surface area contributed by atoms with Crippen LogP contribution in [-0.2, 0) is 13.0 Å². The summed E-state index contributed by atoms with van der Waals surface area (Å²) in [4.78, 5) is 2.55. The minimum atomic E-state index is 0.767. The van der Waals surface area contributed by atoms with Crippen LogP contribution in [0.15, 0.2) is 24.3 Å². The molecule has 1 saturated carbocycles. The van der Waals surface area contributed by atoms with Crippen LogP contribution in [0.4, 0.5) is 0 Å². The molecule has 0 bridgehead atoms. The highest BCUT2D eigenvalue weighted by Crippen LogP contribution is 2.25. The lowest BCUT2D eigenvalue weighted by Crippen LogP contribution is -2.42. The summed E-state index contributed by atoms with van der Waals surface area (Å²) in [6.45, 7) is 5.06. The van der Waals surface area contributed by atoms with E-state index in [-0.39, 0.29) is 0 Å². The molecule has 0 aromatic heterocycles. The van der Waals surface area contributed by atoms with Crippen molar-refractivity contribution in [1.82, 2.24) is 4.90 Å². The SMILES string of the molecule is CCc1ccc(CN(CCN)C2CCC2)cc1. The van der Waals surface area contributed by atoms with E-state index in [1.807, 2.05) is 0 Å². The topological polar surface area (TPSA) is 29.3 Å². The molecule has 0 saturated heterocycles. The Hall–Kier alpha value is -0.860. The molecular weight excluding hydrogens is 208 g/mol. The maximum atomic E-state index is 5.70. The fourth-order valence-electron chi connectivity index (χ4n) is 2.42. The van der Waals surface area contributed by atoms with Gasteiger partial charge in [0.05, 0.1) is 0 Å². The fraction of sp³-hybridized carbons (Fsp3) is 0.600. The second-order valence-corrected chi connectivity index (χ2v) is 5.01. The molecule has 0 aliphatic heterocycles. The Morgan fingerprint density at radius 1 is 1.18 bits per heavy atom. The van der Waals surface area contributed by atoms with Crippen LogP contribution in [0.5, 0.6) is 0 Å². The minimum Gasteiger partial charge on any atom is -0.329 e. The second-order valence-electron chi connectivity index (χ2n) is 5.01. The number of hydrogen-bond donors (Lipinski definition) is 1. The predicted molar refractivity (Wildman–Crippen MR) is 72.9 cm³/mol. The van der Waals surface area contributed by atoms with Gasteiger partial charge >= 0.3 is 0 Å². The van der Waals surface area contributed by atoms with Crippen molar-refractivity contribution >= 4 is 0 Å². The van der Waals surface area contributed by atoms with Crippen molar-refractivity contribution in [2.75, 3.05) is 13.1 Å². The molecule has 1 fully saturated rings. The predicted octanol–water partition coefficient (Wildman–Crippen LogP) is 2.56. The molecule has 94 valence electrons. The molecule has 17 heavy (non-hydrogen) atoms. The Labute approximate surface area is 105 Å². The van der Waals surface area contributed by atoms with Gasteiger partial charge in [0.25, 0.3) is 0 Å². The summed E-state index contributed by atoms with van der Waals surface area (Å²) in [6.07, 6.45) is 5.22. The van der Waals surface area contributed by atoms with E-state index in [1.165, 1.54) is 30.4 Å². The summed E-state index contributed by atoms with van der Waals surface area (Å²) in [5.74, 6) is 0. The summed E-state index contributed by atoms with van der Waals surface area (Å²) in [5.41, 5.74) is 8.54. The molecule has 0 spiro atoms. The summed E-state index contributed by atoms with van der Waals surface area (Å²) < 4.78 is 0. The van der Waals surface area contributed by atoms with Gasteiger partial charge in [0.1, 0.15) is 0 Å². The van der Waals surface area contributed by atoms with E-state index in [9.17, 15) is 0 Å². The molecule has 1 aromatic rings. The summed E-state index contributed by atoms with van der Waals surface area (Å²) in [5, 5.41) is 0. The Balaban J connectivity index is 1.95. The van der Waals surface area contributed by atoms with Crippen LogP contribution in [0, 0.1) is 0 Å². The van der Waals surface area contributed by atoms with E-state index in [4.69, 9.17) is 5.73 Å². The van der Waals surface area contributed by atoms with Gasteiger partial charge in [-0.25, -0.2) is 0 Å². The normalized spacial score (nSPS) is 16.2. The maximum Gasteiger partial charge on any atom is 0.0237 e. The first-order valence-corrected chi connectivity index (χ1v) is 6.85. The molecule has 0 atom stereocenters. The van der Waals surface area contributed by atoms with Crippen LogP contribution in [0.1, 0.15) is 37.3 Å². The van der Waals surface area contributed by atoms with Crippen LogP contribution in [0.3, 0.4) is 0 Å². The number of rotatable bonds is 6. The van der Waals surface area contributed by atoms with Gasteiger partial charge in [-0.2, -0.15) is 0 Å². The zero-order chi connectivity index (χ0) is 12.1. The van der Waals surface area contributed by atoms with Crippen molar-refractivity contribution in [3.8, 4) is 0 Å². The first-order valence-electron chi connectivity index (χ1n) is 6.85. The quantitative estimate of drug-likeness (QED) is 0.817. The number of nitrogens with two attached hydrogens (primary N) is 1. The van der Waals surface area contributed by atoms with Gasteiger partial charge in [-0.1, -0.05) is 37.6 Å². The Bertz CT molecular complexity index is 327. The van der Waals surface area contributed by atoms with E-state index in [1.54, 1.807) is 0 Å². The van der Waals surface area contributed by atoms with Crippen LogP contribution >= 0.6 is 0 Å². The van der Waals surface area contributed by atoms with Crippen molar-refractivity contribution in [3.05, 3.63) is 35.4 Å². The number of hydrogen-bond acceptors (Lipinski definition) is 2. The smallest absolute Gasteiger partial charge is 0.0237 e. The van der Waals surface area contributed by atoms with Crippen molar-refractivity contribution in [1.29, 1.82) is 0 Å².